The lowest BCUT2D eigenvalue weighted by Gasteiger charge is -2.33. The van der Waals surface area contributed by atoms with E-state index in [2.05, 4.69) is 0 Å². The van der Waals surface area contributed by atoms with Gasteiger partial charge >= 0.3 is 9.15 Å². The molecule has 1 aliphatic heterocycles. The smallest absolute Gasteiger partial charge is 0.246 e. The van der Waals surface area contributed by atoms with Crippen LogP contribution in [0.4, 0.5) is 0 Å². The highest BCUT2D eigenvalue weighted by Gasteiger charge is 2.41. The SMILES string of the molecule is O=S1(=O)OC(C2CCCCC2)S1. The maximum absolute atomic E-state index is 10.7. The first-order valence-corrected chi connectivity index (χ1v) is 7.09. The molecule has 1 unspecified atom stereocenters. The summed E-state index contributed by atoms with van der Waals surface area (Å²) in [7, 11) is -2.18. The second kappa shape index (κ2) is 3.20. The Balaban J connectivity index is 1.87. The predicted molar refractivity (Wildman–Crippen MR) is 48.0 cm³/mol. The Morgan fingerprint density at radius 1 is 1.17 bits per heavy atom. The summed E-state index contributed by atoms with van der Waals surface area (Å²) in [6, 6.07) is 0. The molecule has 0 aromatic rings. The van der Waals surface area contributed by atoms with Crippen molar-refractivity contribution in [1.82, 2.24) is 0 Å². The van der Waals surface area contributed by atoms with Gasteiger partial charge in [0.05, 0.1) is 0 Å². The highest BCUT2D eigenvalue weighted by Crippen LogP contribution is 2.44. The first-order valence-electron chi connectivity index (χ1n) is 4.29. The zero-order valence-electron chi connectivity index (χ0n) is 6.73. The van der Waals surface area contributed by atoms with Crippen LogP contribution < -0.4 is 0 Å². The molecule has 1 heterocycles. The van der Waals surface area contributed by atoms with Crippen LogP contribution >= 0.6 is 10.8 Å². The van der Waals surface area contributed by atoms with Crippen LogP contribution in [0.25, 0.3) is 0 Å². The van der Waals surface area contributed by atoms with Gasteiger partial charge in [-0.05, 0) is 18.8 Å². The van der Waals surface area contributed by atoms with Crippen LogP contribution in [-0.2, 0) is 13.3 Å². The Labute approximate surface area is 76.4 Å². The van der Waals surface area contributed by atoms with E-state index >= 15 is 0 Å². The van der Waals surface area contributed by atoms with E-state index < -0.39 is 9.15 Å². The molecule has 0 bridgehead atoms. The van der Waals surface area contributed by atoms with E-state index in [9.17, 15) is 8.42 Å². The molecule has 2 fully saturated rings. The van der Waals surface area contributed by atoms with Crippen LogP contribution in [-0.4, -0.2) is 13.9 Å². The van der Waals surface area contributed by atoms with Crippen LogP contribution in [0, 0.1) is 5.92 Å². The summed E-state index contributed by atoms with van der Waals surface area (Å²) in [5, 5.41) is 0. The fraction of sp³-hybridized carbons (Fsp3) is 1.00. The summed E-state index contributed by atoms with van der Waals surface area (Å²) in [5.41, 5.74) is -0.0599. The predicted octanol–water partition coefficient (Wildman–Crippen LogP) is 1.90. The molecular weight excluding hydrogens is 196 g/mol. The minimum Gasteiger partial charge on any atom is -0.246 e. The number of hydrogen-bond donors (Lipinski definition) is 0. The van der Waals surface area contributed by atoms with Gasteiger partial charge in [-0.3, -0.25) is 0 Å². The minimum absolute atomic E-state index is 0.0599. The third-order valence-corrected chi connectivity index (χ3v) is 5.44. The molecule has 1 atom stereocenters. The molecule has 12 heavy (non-hydrogen) atoms. The lowest BCUT2D eigenvalue weighted by atomic mass is 9.90. The van der Waals surface area contributed by atoms with E-state index in [0.29, 0.717) is 5.92 Å². The quantitative estimate of drug-likeness (QED) is 0.617. The normalized spacial score (nSPS) is 35.8. The van der Waals surface area contributed by atoms with Crippen LogP contribution in [0.1, 0.15) is 32.1 Å². The van der Waals surface area contributed by atoms with Crippen molar-refractivity contribution in [3.05, 3.63) is 0 Å². The zero-order chi connectivity index (χ0) is 8.60. The molecule has 5 heteroatoms. The summed E-state index contributed by atoms with van der Waals surface area (Å²) < 4.78 is 26.2. The third-order valence-electron chi connectivity index (χ3n) is 2.46. The van der Waals surface area contributed by atoms with Gasteiger partial charge in [0, 0.05) is 10.8 Å². The summed E-state index contributed by atoms with van der Waals surface area (Å²) in [4.78, 5) is 0. The van der Waals surface area contributed by atoms with Crippen LogP contribution in [0.3, 0.4) is 0 Å². The first-order chi connectivity index (χ1) is 5.67. The molecule has 3 nitrogen and oxygen atoms in total. The number of rotatable bonds is 1. The van der Waals surface area contributed by atoms with Gasteiger partial charge in [-0.1, -0.05) is 19.3 Å². The van der Waals surface area contributed by atoms with Gasteiger partial charge in [0.25, 0.3) is 0 Å². The Morgan fingerprint density at radius 2 is 1.75 bits per heavy atom. The van der Waals surface area contributed by atoms with Crippen molar-refractivity contribution in [3.8, 4) is 0 Å². The van der Waals surface area contributed by atoms with Gasteiger partial charge in [-0.25, -0.2) is 4.18 Å². The van der Waals surface area contributed by atoms with Gasteiger partial charge in [-0.2, -0.15) is 8.42 Å². The zero-order valence-corrected chi connectivity index (χ0v) is 8.36. The second-order valence-corrected chi connectivity index (χ2v) is 6.84. The van der Waals surface area contributed by atoms with E-state index in [1.165, 1.54) is 19.3 Å². The fourth-order valence-corrected chi connectivity index (χ4v) is 4.50. The molecule has 70 valence electrons. The molecule has 0 spiro atoms. The average Bonchev–Trinajstić information content (AvgIpc) is 2.02. The molecule has 1 aliphatic carbocycles. The van der Waals surface area contributed by atoms with Gasteiger partial charge in [0.1, 0.15) is 5.44 Å². The molecule has 2 aliphatic rings. The molecule has 0 radical (unpaired) electrons. The lowest BCUT2D eigenvalue weighted by Crippen LogP contribution is -2.33. The highest BCUT2D eigenvalue weighted by molar-refractivity contribution is 8.72. The van der Waals surface area contributed by atoms with Crippen LogP contribution in [0.15, 0.2) is 0 Å². The van der Waals surface area contributed by atoms with E-state index in [0.717, 1.165) is 23.6 Å². The maximum atomic E-state index is 10.7. The van der Waals surface area contributed by atoms with E-state index in [1.54, 1.807) is 0 Å². The van der Waals surface area contributed by atoms with E-state index in [1.807, 2.05) is 0 Å². The summed E-state index contributed by atoms with van der Waals surface area (Å²) in [5.74, 6) is 0.479. The van der Waals surface area contributed by atoms with Crippen molar-refractivity contribution >= 4 is 19.9 Å². The fourth-order valence-electron chi connectivity index (χ4n) is 1.80. The summed E-state index contributed by atoms with van der Waals surface area (Å²) in [6.07, 6.45) is 6.01. The van der Waals surface area contributed by atoms with Crippen molar-refractivity contribution in [3.63, 3.8) is 0 Å². The molecular formula is C7H12O3S2. The van der Waals surface area contributed by atoms with Crippen LogP contribution in [0.5, 0.6) is 0 Å². The van der Waals surface area contributed by atoms with Crippen molar-refractivity contribution in [2.24, 2.45) is 5.92 Å². The molecule has 1 saturated heterocycles. The molecule has 1 saturated carbocycles. The molecule has 0 aromatic carbocycles. The Hall–Kier alpha value is 0.260. The molecule has 0 N–H and O–H groups in total. The van der Waals surface area contributed by atoms with E-state index in [4.69, 9.17) is 4.18 Å². The van der Waals surface area contributed by atoms with Gasteiger partial charge in [0.2, 0.25) is 0 Å². The van der Waals surface area contributed by atoms with Crippen molar-refractivity contribution < 1.29 is 12.6 Å². The maximum Gasteiger partial charge on any atom is 0.325 e. The summed E-state index contributed by atoms with van der Waals surface area (Å²) >= 11 is 0. The third kappa shape index (κ3) is 1.78. The minimum atomic E-state index is -3.16. The van der Waals surface area contributed by atoms with Crippen molar-refractivity contribution in [2.45, 2.75) is 37.5 Å². The standard InChI is InChI=1S/C7H12O3S2/c8-12(9)10-7(11-12)6-4-2-1-3-5-6/h6-7H,1-5H2. The first kappa shape index (κ1) is 8.84. The van der Waals surface area contributed by atoms with E-state index in [-0.39, 0.29) is 5.44 Å². The summed E-state index contributed by atoms with van der Waals surface area (Å²) in [6.45, 7) is 0. The molecule has 0 aromatic heterocycles. The molecule has 0 amide bonds. The highest BCUT2D eigenvalue weighted by atomic mass is 33.2. The monoisotopic (exact) mass is 208 g/mol. The van der Waals surface area contributed by atoms with Gasteiger partial charge in [0.15, 0.2) is 0 Å². The lowest BCUT2D eigenvalue weighted by molar-refractivity contribution is 0.178. The number of hydrogen-bond acceptors (Lipinski definition) is 4. The van der Waals surface area contributed by atoms with Crippen molar-refractivity contribution in [1.29, 1.82) is 0 Å². The average molecular weight is 208 g/mol. The van der Waals surface area contributed by atoms with Crippen molar-refractivity contribution in [2.75, 3.05) is 0 Å². The Kier molecular flexibility index (Phi) is 2.35. The Bertz CT molecular complexity index is 242. The van der Waals surface area contributed by atoms with Crippen LogP contribution in [0.2, 0.25) is 0 Å². The molecule has 2 rings (SSSR count). The Morgan fingerprint density at radius 3 is 2.25 bits per heavy atom. The van der Waals surface area contributed by atoms with Gasteiger partial charge in [-0.15, -0.1) is 0 Å². The largest absolute Gasteiger partial charge is 0.325 e. The van der Waals surface area contributed by atoms with Gasteiger partial charge < -0.3 is 0 Å². The second-order valence-electron chi connectivity index (χ2n) is 3.37. The topological polar surface area (TPSA) is 43.4 Å².